The molecule has 3 atom stereocenters. The molecule has 0 fully saturated rings. The number of rotatable bonds is 11. The lowest BCUT2D eigenvalue weighted by Crippen LogP contribution is -2.41. The van der Waals surface area contributed by atoms with E-state index in [1.165, 1.54) is 24.0 Å². The molecule has 0 heterocycles. The zero-order chi connectivity index (χ0) is 23.3. The van der Waals surface area contributed by atoms with Crippen LogP contribution in [0.5, 0.6) is 0 Å². The quantitative estimate of drug-likeness (QED) is 0.247. The first kappa shape index (κ1) is 27.8. The lowest BCUT2D eigenvalue weighted by atomic mass is 9.83. The van der Waals surface area contributed by atoms with Crippen LogP contribution in [0.25, 0.3) is 0 Å². The highest BCUT2D eigenvalue weighted by atomic mass is 16.7. The summed E-state index contributed by atoms with van der Waals surface area (Å²) in [6.07, 6.45) is 16.0. The Kier molecular flexibility index (Phi) is 13.3. The molecule has 0 aromatic rings. The van der Waals surface area contributed by atoms with Crippen molar-refractivity contribution in [3.63, 3.8) is 0 Å². The van der Waals surface area contributed by atoms with E-state index in [9.17, 15) is 4.79 Å². The summed E-state index contributed by atoms with van der Waals surface area (Å²) < 4.78 is 11.6. The molecule has 0 N–H and O–H groups in total. The third-order valence-corrected chi connectivity index (χ3v) is 6.79. The molecule has 0 saturated carbocycles. The van der Waals surface area contributed by atoms with Gasteiger partial charge in [0.15, 0.2) is 5.79 Å². The van der Waals surface area contributed by atoms with Crippen molar-refractivity contribution in [1.29, 1.82) is 0 Å². The van der Waals surface area contributed by atoms with Crippen LogP contribution in [0.4, 0.5) is 0 Å². The van der Waals surface area contributed by atoms with Gasteiger partial charge in [0.1, 0.15) is 5.78 Å². The summed E-state index contributed by atoms with van der Waals surface area (Å²) in [6, 6.07) is 0. The molecule has 0 bridgehead atoms. The van der Waals surface area contributed by atoms with E-state index in [2.05, 4.69) is 46.4 Å². The van der Waals surface area contributed by atoms with Crippen molar-refractivity contribution in [3.8, 4) is 0 Å². The van der Waals surface area contributed by atoms with Crippen molar-refractivity contribution in [3.05, 3.63) is 36.0 Å². The third kappa shape index (κ3) is 9.87. The fraction of sp³-hybridized carbons (Fsp3) is 0.750. The first-order chi connectivity index (χ1) is 14.8. The average molecular weight is 433 g/mol. The standard InChI is InChI=1S/C15H24O.C13H24O2/c1-4-6-13(5-2)11-15(16)14-9-7-12(3)8-10-14;1-5-14-13(4,15-6-2)12-9-7-11(3)8-10-12/h5,7,13-14H,2,4,6,8-11H2,1,3H3;7,12H,5-6,8-10H2,1-4H3. The van der Waals surface area contributed by atoms with Crippen molar-refractivity contribution in [2.45, 2.75) is 105 Å². The average Bonchev–Trinajstić information content (AvgIpc) is 2.75. The van der Waals surface area contributed by atoms with Crippen LogP contribution >= 0.6 is 0 Å². The van der Waals surface area contributed by atoms with E-state index < -0.39 is 0 Å². The van der Waals surface area contributed by atoms with Gasteiger partial charge in [0.05, 0.1) is 0 Å². The molecule has 2 rings (SSSR count). The molecule has 0 spiro atoms. The topological polar surface area (TPSA) is 35.5 Å². The van der Waals surface area contributed by atoms with Crippen LogP contribution in [-0.4, -0.2) is 24.8 Å². The van der Waals surface area contributed by atoms with Crippen LogP contribution in [0.3, 0.4) is 0 Å². The molecule has 31 heavy (non-hydrogen) atoms. The zero-order valence-corrected chi connectivity index (χ0v) is 21.2. The summed E-state index contributed by atoms with van der Waals surface area (Å²) in [4.78, 5) is 12.1. The Hall–Kier alpha value is -1.19. The third-order valence-electron chi connectivity index (χ3n) is 6.79. The van der Waals surface area contributed by atoms with Crippen molar-refractivity contribution in [1.82, 2.24) is 0 Å². The molecule has 3 heteroatoms. The van der Waals surface area contributed by atoms with Crippen LogP contribution in [-0.2, 0) is 14.3 Å². The molecule has 0 aromatic carbocycles. The molecule has 0 radical (unpaired) electrons. The van der Waals surface area contributed by atoms with Gasteiger partial charge in [0, 0.05) is 31.5 Å². The second-order valence-electron chi connectivity index (χ2n) is 9.38. The largest absolute Gasteiger partial charge is 0.350 e. The predicted molar refractivity (Wildman–Crippen MR) is 132 cm³/mol. The van der Waals surface area contributed by atoms with Gasteiger partial charge in [-0.1, -0.05) is 42.7 Å². The molecule has 2 aliphatic rings. The molecule has 178 valence electrons. The van der Waals surface area contributed by atoms with Gasteiger partial charge < -0.3 is 9.47 Å². The second-order valence-corrected chi connectivity index (χ2v) is 9.38. The molecule has 3 nitrogen and oxygen atoms in total. The Bertz CT molecular complexity index is 595. The van der Waals surface area contributed by atoms with Crippen molar-refractivity contribution >= 4 is 5.78 Å². The van der Waals surface area contributed by atoms with Crippen LogP contribution < -0.4 is 0 Å². The number of carbonyl (C=O) groups is 1. The summed E-state index contributed by atoms with van der Waals surface area (Å²) in [5, 5.41) is 0. The molecular formula is C28H48O3. The van der Waals surface area contributed by atoms with E-state index in [1.807, 2.05) is 19.9 Å². The highest BCUT2D eigenvalue weighted by molar-refractivity contribution is 5.81. The maximum atomic E-state index is 12.1. The first-order valence-corrected chi connectivity index (χ1v) is 12.5. The summed E-state index contributed by atoms with van der Waals surface area (Å²) in [6.45, 7) is 17.9. The number of Topliss-reactive ketones (excluding diaryl/α,β-unsaturated/α-hetero) is 1. The fourth-order valence-electron chi connectivity index (χ4n) is 4.65. The summed E-state index contributed by atoms with van der Waals surface area (Å²) >= 11 is 0. The minimum atomic E-state index is -0.388. The minimum absolute atomic E-state index is 0.281. The number of allylic oxidation sites excluding steroid dienone is 5. The number of ether oxygens (including phenoxy) is 2. The molecule has 0 saturated heterocycles. The van der Waals surface area contributed by atoms with E-state index in [0.29, 0.717) is 24.0 Å². The molecule has 0 aliphatic heterocycles. The molecular weight excluding hydrogens is 384 g/mol. The highest BCUT2D eigenvalue weighted by Crippen LogP contribution is 2.35. The van der Waals surface area contributed by atoms with E-state index in [0.717, 1.165) is 51.7 Å². The lowest BCUT2D eigenvalue weighted by Gasteiger charge is -2.38. The molecule has 0 amide bonds. The van der Waals surface area contributed by atoms with E-state index in [4.69, 9.17) is 9.47 Å². The van der Waals surface area contributed by atoms with E-state index in [1.54, 1.807) is 0 Å². The van der Waals surface area contributed by atoms with Crippen LogP contribution in [0.1, 0.15) is 99.3 Å². The number of ketones is 1. The van der Waals surface area contributed by atoms with Crippen LogP contribution in [0, 0.1) is 17.8 Å². The Morgan fingerprint density at radius 3 is 2.10 bits per heavy atom. The Morgan fingerprint density at radius 2 is 1.68 bits per heavy atom. The van der Waals surface area contributed by atoms with Crippen LogP contribution in [0.2, 0.25) is 0 Å². The molecule has 3 unspecified atom stereocenters. The van der Waals surface area contributed by atoms with Crippen molar-refractivity contribution < 1.29 is 14.3 Å². The maximum absolute atomic E-state index is 12.1. The molecule has 2 aliphatic carbocycles. The molecule has 0 aromatic heterocycles. The van der Waals surface area contributed by atoms with Gasteiger partial charge >= 0.3 is 0 Å². The lowest BCUT2D eigenvalue weighted by molar-refractivity contribution is -0.253. The van der Waals surface area contributed by atoms with Gasteiger partial charge in [-0.15, -0.1) is 6.58 Å². The Labute approximate surface area is 192 Å². The number of carbonyl (C=O) groups excluding carboxylic acids is 1. The Morgan fingerprint density at radius 1 is 1.10 bits per heavy atom. The highest BCUT2D eigenvalue weighted by Gasteiger charge is 2.35. The van der Waals surface area contributed by atoms with Crippen LogP contribution in [0.15, 0.2) is 36.0 Å². The minimum Gasteiger partial charge on any atom is -0.350 e. The Balaban J connectivity index is 0.000000311. The predicted octanol–water partition coefficient (Wildman–Crippen LogP) is 7.82. The van der Waals surface area contributed by atoms with E-state index >= 15 is 0 Å². The number of hydrogen-bond acceptors (Lipinski definition) is 3. The van der Waals surface area contributed by atoms with Gasteiger partial charge in [0.2, 0.25) is 0 Å². The maximum Gasteiger partial charge on any atom is 0.168 e. The second kappa shape index (κ2) is 14.8. The van der Waals surface area contributed by atoms with Gasteiger partial charge in [-0.25, -0.2) is 0 Å². The van der Waals surface area contributed by atoms with Gasteiger partial charge in [0.25, 0.3) is 0 Å². The van der Waals surface area contributed by atoms with Gasteiger partial charge in [-0.2, -0.15) is 0 Å². The van der Waals surface area contributed by atoms with Crippen molar-refractivity contribution in [2.24, 2.45) is 17.8 Å². The first-order valence-electron chi connectivity index (χ1n) is 12.5. The smallest absolute Gasteiger partial charge is 0.168 e. The summed E-state index contributed by atoms with van der Waals surface area (Å²) in [5.74, 6) is 1.23. The van der Waals surface area contributed by atoms with Crippen molar-refractivity contribution in [2.75, 3.05) is 13.2 Å². The number of hydrogen-bond donors (Lipinski definition) is 0. The zero-order valence-electron chi connectivity index (χ0n) is 21.2. The van der Waals surface area contributed by atoms with Gasteiger partial charge in [-0.3, -0.25) is 4.79 Å². The normalized spacial score (nSPS) is 22.5. The summed E-state index contributed by atoms with van der Waals surface area (Å²) in [7, 11) is 0. The summed E-state index contributed by atoms with van der Waals surface area (Å²) in [5.41, 5.74) is 2.94. The van der Waals surface area contributed by atoms with Gasteiger partial charge in [-0.05, 0) is 85.5 Å². The monoisotopic (exact) mass is 432 g/mol. The SMILES string of the molecule is C=CC(CCC)CC(=O)C1CC=C(C)CC1.CCOC(C)(OCC)C1CC=C(C)CC1. The fourth-order valence-corrected chi connectivity index (χ4v) is 4.65. The van der Waals surface area contributed by atoms with E-state index in [-0.39, 0.29) is 11.7 Å².